The lowest BCUT2D eigenvalue weighted by Gasteiger charge is -2.27. The van der Waals surface area contributed by atoms with Gasteiger partial charge in [-0.25, -0.2) is 22.9 Å². The third kappa shape index (κ3) is 5.34. The Balaban J connectivity index is 1.42. The normalized spacial score (nSPS) is 22.6. The summed E-state index contributed by atoms with van der Waals surface area (Å²) in [5.41, 5.74) is 1.58. The van der Waals surface area contributed by atoms with E-state index in [1.165, 1.54) is 21.9 Å². The van der Waals surface area contributed by atoms with Gasteiger partial charge in [0.15, 0.2) is 9.84 Å². The van der Waals surface area contributed by atoms with Crippen molar-refractivity contribution < 1.29 is 32.6 Å². The lowest BCUT2D eigenvalue weighted by atomic mass is 9.86. The lowest BCUT2D eigenvalue weighted by Crippen LogP contribution is -2.43. The third-order valence-corrected chi connectivity index (χ3v) is 9.79. The molecule has 2 aromatic carbocycles. The zero-order valence-electron chi connectivity index (χ0n) is 20.4. The molecule has 1 N–H and O–H groups in total. The molecule has 196 valence electrons. The molecule has 2 aliphatic heterocycles. The van der Waals surface area contributed by atoms with Gasteiger partial charge >= 0.3 is 12.2 Å². The van der Waals surface area contributed by atoms with Crippen molar-refractivity contribution in [2.24, 2.45) is 5.92 Å². The average molecular weight is 527 g/mol. The first kappa shape index (κ1) is 25.3. The summed E-state index contributed by atoms with van der Waals surface area (Å²) in [4.78, 5) is 40.8. The molecule has 3 amide bonds. The van der Waals surface area contributed by atoms with Crippen molar-refractivity contribution in [2.75, 3.05) is 19.7 Å². The Hall–Kier alpha value is -3.40. The number of sulfone groups is 1. The Morgan fingerprint density at radius 2 is 1.73 bits per heavy atom. The van der Waals surface area contributed by atoms with Gasteiger partial charge in [-0.05, 0) is 61.3 Å². The molecule has 9 nitrogen and oxygen atoms in total. The molecule has 1 aliphatic carbocycles. The molecule has 0 spiro atoms. The molecule has 0 radical (unpaired) electrons. The van der Waals surface area contributed by atoms with Gasteiger partial charge in [-0.2, -0.15) is 0 Å². The molecule has 37 heavy (non-hydrogen) atoms. The summed E-state index contributed by atoms with van der Waals surface area (Å²) in [5, 5.41) is 9.02. The van der Waals surface area contributed by atoms with Gasteiger partial charge in [0.2, 0.25) is 5.91 Å². The summed E-state index contributed by atoms with van der Waals surface area (Å²) >= 11 is 0. The van der Waals surface area contributed by atoms with E-state index >= 15 is 0 Å². The van der Waals surface area contributed by atoms with Crippen LogP contribution < -0.4 is 0 Å². The molecule has 2 heterocycles. The molecule has 3 fully saturated rings. The Morgan fingerprint density at radius 3 is 2.35 bits per heavy atom. The summed E-state index contributed by atoms with van der Waals surface area (Å²) in [6.07, 6.45) is 1.05. The van der Waals surface area contributed by atoms with Crippen molar-refractivity contribution in [3.63, 3.8) is 0 Å². The van der Waals surface area contributed by atoms with Gasteiger partial charge in [-0.15, -0.1) is 0 Å². The zero-order chi connectivity index (χ0) is 26.2. The molecular formula is C27H30N2O7S. The lowest BCUT2D eigenvalue weighted by molar-refractivity contribution is -0.131. The summed E-state index contributed by atoms with van der Waals surface area (Å²) in [6, 6.07) is 15.5. The van der Waals surface area contributed by atoms with E-state index in [1.54, 1.807) is 12.1 Å². The molecule has 3 unspecified atom stereocenters. The second-order valence-corrected chi connectivity index (χ2v) is 12.3. The predicted octanol–water partition coefficient (Wildman–Crippen LogP) is 3.69. The molecule has 0 aromatic heterocycles. The first-order valence-electron chi connectivity index (χ1n) is 12.6. The number of imide groups is 1. The summed E-state index contributed by atoms with van der Waals surface area (Å²) in [5.74, 6) is -1.21. The maximum atomic E-state index is 13.9. The fourth-order valence-corrected chi connectivity index (χ4v) is 6.96. The zero-order valence-corrected chi connectivity index (χ0v) is 21.2. The van der Waals surface area contributed by atoms with Gasteiger partial charge in [0, 0.05) is 13.1 Å². The maximum Gasteiger partial charge on any atom is 0.417 e. The minimum Gasteiger partial charge on any atom is -0.465 e. The van der Waals surface area contributed by atoms with Gasteiger partial charge in [0.05, 0.1) is 22.1 Å². The SMILES string of the molecule is O=C(O)N1CCC(CC(C(=O)N2C(=O)OCC2Cc2ccccc2)c2ccc(S(=O)(=O)C3CC3)cc2)C1. The number of carboxylic acid groups (broad SMARTS) is 1. The number of cyclic esters (lactones) is 1. The van der Waals surface area contributed by atoms with Gasteiger partial charge in [0.1, 0.15) is 6.61 Å². The summed E-state index contributed by atoms with van der Waals surface area (Å²) in [6.45, 7) is 0.800. The van der Waals surface area contributed by atoms with E-state index in [1.807, 2.05) is 30.3 Å². The number of hydrogen-bond acceptors (Lipinski definition) is 6. The van der Waals surface area contributed by atoms with Crippen LogP contribution in [0.3, 0.4) is 0 Å². The van der Waals surface area contributed by atoms with Crippen molar-refractivity contribution in [1.29, 1.82) is 0 Å². The Morgan fingerprint density at radius 1 is 1.03 bits per heavy atom. The topological polar surface area (TPSA) is 121 Å². The number of amides is 3. The summed E-state index contributed by atoms with van der Waals surface area (Å²) in [7, 11) is -3.38. The fourth-order valence-electron chi connectivity index (χ4n) is 5.31. The molecule has 3 atom stereocenters. The molecule has 3 aliphatic rings. The smallest absolute Gasteiger partial charge is 0.417 e. The highest BCUT2D eigenvalue weighted by atomic mass is 32.2. The highest BCUT2D eigenvalue weighted by Gasteiger charge is 2.43. The van der Waals surface area contributed by atoms with Crippen molar-refractivity contribution in [3.8, 4) is 0 Å². The highest BCUT2D eigenvalue weighted by Crippen LogP contribution is 2.36. The summed E-state index contributed by atoms with van der Waals surface area (Å²) < 4.78 is 30.6. The van der Waals surface area contributed by atoms with Gasteiger partial charge < -0.3 is 14.7 Å². The van der Waals surface area contributed by atoms with E-state index in [0.29, 0.717) is 50.8 Å². The molecule has 2 aromatic rings. The van der Waals surface area contributed by atoms with E-state index in [2.05, 4.69) is 0 Å². The van der Waals surface area contributed by atoms with Crippen LogP contribution in [0.25, 0.3) is 0 Å². The van der Waals surface area contributed by atoms with Crippen LogP contribution in [0.4, 0.5) is 9.59 Å². The Labute approximate surface area is 215 Å². The van der Waals surface area contributed by atoms with E-state index in [0.717, 1.165) is 5.56 Å². The first-order chi connectivity index (χ1) is 17.7. The van der Waals surface area contributed by atoms with E-state index in [9.17, 15) is 27.9 Å². The second-order valence-electron chi connectivity index (χ2n) is 10.1. The first-order valence-corrected chi connectivity index (χ1v) is 14.1. The standard InChI is InChI=1S/C27H30N2O7S/c30-25(29-21(17-36-27(29)33)14-18-4-2-1-3-5-18)24(15-19-12-13-28(16-19)26(31)32)20-6-8-22(9-7-20)37(34,35)23-10-11-23/h1-9,19,21,23-24H,10-17H2,(H,31,32). The van der Waals surface area contributed by atoms with Crippen molar-refractivity contribution in [1.82, 2.24) is 9.80 Å². The molecule has 10 heteroatoms. The minimum absolute atomic E-state index is 0.0638. The van der Waals surface area contributed by atoms with Gasteiger partial charge in [-0.1, -0.05) is 42.5 Å². The molecular weight excluding hydrogens is 496 g/mol. The van der Waals surface area contributed by atoms with Crippen LogP contribution in [-0.4, -0.2) is 72.4 Å². The number of ether oxygens (including phenoxy) is 1. The van der Waals surface area contributed by atoms with Crippen LogP contribution in [0.5, 0.6) is 0 Å². The predicted molar refractivity (Wildman–Crippen MR) is 134 cm³/mol. The number of nitrogens with zero attached hydrogens (tertiary/aromatic N) is 2. The number of benzene rings is 2. The van der Waals surface area contributed by atoms with Crippen LogP contribution in [-0.2, 0) is 25.8 Å². The molecule has 2 saturated heterocycles. The van der Waals surface area contributed by atoms with Crippen LogP contribution in [0.15, 0.2) is 59.5 Å². The minimum atomic E-state index is -3.38. The maximum absolute atomic E-state index is 13.9. The Bertz CT molecular complexity index is 1280. The van der Waals surface area contributed by atoms with Crippen molar-refractivity contribution in [3.05, 3.63) is 65.7 Å². The molecule has 1 saturated carbocycles. The number of carbonyl (C=O) groups is 3. The van der Waals surface area contributed by atoms with E-state index in [4.69, 9.17) is 4.74 Å². The van der Waals surface area contributed by atoms with Crippen LogP contribution in [0.1, 0.15) is 42.7 Å². The van der Waals surface area contributed by atoms with E-state index < -0.39 is 39.9 Å². The largest absolute Gasteiger partial charge is 0.465 e. The van der Waals surface area contributed by atoms with Gasteiger partial charge in [0.25, 0.3) is 0 Å². The second kappa shape index (κ2) is 10.2. The van der Waals surface area contributed by atoms with Crippen LogP contribution >= 0.6 is 0 Å². The van der Waals surface area contributed by atoms with Crippen molar-refractivity contribution >= 4 is 27.9 Å². The number of rotatable bonds is 8. The number of likely N-dealkylation sites (tertiary alicyclic amines) is 1. The molecule has 0 bridgehead atoms. The molecule has 5 rings (SSSR count). The monoisotopic (exact) mass is 526 g/mol. The van der Waals surface area contributed by atoms with Crippen LogP contribution in [0, 0.1) is 5.92 Å². The number of hydrogen-bond donors (Lipinski definition) is 1. The average Bonchev–Trinajstić information content (AvgIpc) is 3.55. The third-order valence-electron chi connectivity index (χ3n) is 7.51. The van der Waals surface area contributed by atoms with Crippen LogP contribution in [0.2, 0.25) is 0 Å². The fraction of sp³-hybridized carbons (Fsp3) is 0.444. The Kier molecular flexibility index (Phi) is 6.94. The van der Waals surface area contributed by atoms with Gasteiger partial charge in [-0.3, -0.25) is 4.79 Å². The quantitative estimate of drug-likeness (QED) is 0.557. The van der Waals surface area contributed by atoms with Crippen molar-refractivity contribution in [2.45, 2.75) is 54.2 Å². The number of carbonyl (C=O) groups excluding carboxylic acids is 2. The highest BCUT2D eigenvalue weighted by molar-refractivity contribution is 7.92. The van der Waals surface area contributed by atoms with E-state index in [-0.39, 0.29) is 22.7 Å².